The van der Waals surface area contributed by atoms with Crippen LogP contribution in [0.3, 0.4) is 0 Å². The molecule has 1 fully saturated rings. The van der Waals surface area contributed by atoms with Gasteiger partial charge >= 0.3 is 12.1 Å². The minimum absolute atomic E-state index is 0.0451. The Kier molecular flexibility index (Phi) is 12.5. The number of halogens is 4. The van der Waals surface area contributed by atoms with Crippen molar-refractivity contribution >= 4 is 22.8 Å². The third kappa shape index (κ3) is 9.70. The minimum Gasteiger partial charge on any atom is -0.465 e. The van der Waals surface area contributed by atoms with E-state index in [1.54, 1.807) is 47.9 Å². The fourth-order valence-corrected chi connectivity index (χ4v) is 7.36. The Morgan fingerprint density at radius 3 is 2.16 bits per heavy atom. The summed E-state index contributed by atoms with van der Waals surface area (Å²) in [6, 6.07) is 24.6. The highest BCUT2D eigenvalue weighted by atomic mass is 19.3. The van der Waals surface area contributed by atoms with Crippen LogP contribution in [0.4, 0.5) is 17.6 Å². The molecule has 1 aliphatic rings. The predicted molar refractivity (Wildman–Crippen MR) is 209 cm³/mol. The maximum absolute atomic E-state index is 14.7. The summed E-state index contributed by atoms with van der Waals surface area (Å²) in [6.45, 7) is 7.53. The summed E-state index contributed by atoms with van der Waals surface area (Å²) in [7, 11) is 0. The van der Waals surface area contributed by atoms with Crippen LogP contribution in [0.1, 0.15) is 57.5 Å². The number of aryl methyl sites for hydroxylation is 2. The van der Waals surface area contributed by atoms with Crippen LogP contribution in [0.2, 0.25) is 0 Å². The van der Waals surface area contributed by atoms with Crippen LogP contribution < -0.4 is 10.3 Å². The average molecular weight is 787 g/mol. The van der Waals surface area contributed by atoms with Crippen molar-refractivity contribution in [2.45, 2.75) is 84.2 Å². The molecule has 0 unspecified atom stereocenters. The van der Waals surface area contributed by atoms with Crippen LogP contribution in [0.25, 0.3) is 22.0 Å². The lowest BCUT2D eigenvalue weighted by Gasteiger charge is -2.44. The Morgan fingerprint density at radius 1 is 0.860 bits per heavy atom. The number of amides is 1. The molecule has 0 atom stereocenters. The van der Waals surface area contributed by atoms with E-state index in [2.05, 4.69) is 14.6 Å². The van der Waals surface area contributed by atoms with Gasteiger partial charge in [-0.05, 0) is 92.6 Å². The zero-order valence-corrected chi connectivity index (χ0v) is 32.4. The first-order valence-electron chi connectivity index (χ1n) is 19.0. The van der Waals surface area contributed by atoms with Gasteiger partial charge in [-0.1, -0.05) is 60.7 Å². The number of fused-ring (bicyclic) bond motifs is 1. The number of carbonyl (C=O) groups is 2. The molecule has 0 aliphatic carbocycles. The Bertz CT molecular complexity index is 2260. The Hall–Kier alpha value is -5.56. The van der Waals surface area contributed by atoms with E-state index in [0.717, 1.165) is 22.8 Å². The number of rotatable bonds is 14. The molecular weight excluding hydrogens is 740 g/mol. The molecule has 1 aliphatic heterocycles. The van der Waals surface area contributed by atoms with E-state index >= 15 is 0 Å². The van der Waals surface area contributed by atoms with Gasteiger partial charge in [0.25, 0.3) is 5.56 Å². The topological polar surface area (TPSA) is 94.0 Å². The van der Waals surface area contributed by atoms with Crippen molar-refractivity contribution in [1.82, 2.24) is 19.4 Å². The molecule has 9 nitrogen and oxygen atoms in total. The van der Waals surface area contributed by atoms with Crippen molar-refractivity contribution in [2.75, 3.05) is 19.7 Å². The van der Waals surface area contributed by atoms with Crippen molar-refractivity contribution in [1.29, 1.82) is 0 Å². The van der Waals surface area contributed by atoms with Gasteiger partial charge in [-0.2, -0.15) is 13.8 Å². The van der Waals surface area contributed by atoms with Crippen LogP contribution in [0.15, 0.2) is 95.8 Å². The first-order chi connectivity index (χ1) is 27.1. The maximum Gasteiger partial charge on any atom is 0.394 e. The summed E-state index contributed by atoms with van der Waals surface area (Å²) < 4.78 is 67.1. The third-order valence-corrected chi connectivity index (χ3v) is 10.5. The molecule has 4 aromatic carbocycles. The number of para-hydroxylation sites is 1. The number of aromatic nitrogens is 2. The van der Waals surface area contributed by atoms with Crippen molar-refractivity contribution in [3.63, 3.8) is 0 Å². The van der Waals surface area contributed by atoms with Gasteiger partial charge in [0.15, 0.2) is 11.6 Å². The van der Waals surface area contributed by atoms with Gasteiger partial charge in [0.1, 0.15) is 23.7 Å². The van der Waals surface area contributed by atoms with Crippen LogP contribution in [0.5, 0.6) is 5.75 Å². The first-order valence-corrected chi connectivity index (χ1v) is 19.0. The molecule has 0 N–H and O–H groups in total. The smallest absolute Gasteiger partial charge is 0.394 e. The molecule has 300 valence electrons. The maximum atomic E-state index is 14.7. The van der Waals surface area contributed by atoms with E-state index in [4.69, 9.17) is 4.74 Å². The molecule has 1 aromatic heterocycles. The van der Waals surface area contributed by atoms with E-state index in [-0.39, 0.29) is 67.6 Å². The lowest BCUT2D eigenvalue weighted by molar-refractivity contribution is -0.159. The molecule has 2 heterocycles. The van der Waals surface area contributed by atoms with E-state index in [1.807, 2.05) is 43.0 Å². The SMILES string of the molecule is CCOC(=O)C(C)(C)N1CCC(N(Cc2ccc(-c3ccc(OC(C)(F)F)cc3)cc2)C(=O)Cn2c(CCc3cccc(F)c3F)nc(=O)c3ccccc32)CC1. The second-order valence-electron chi connectivity index (χ2n) is 14.8. The van der Waals surface area contributed by atoms with E-state index < -0.39 is 28.8 Å². The summed E-state index contributed by atoms with van der Waals surface area (Å²) in [5.41, 5.74) is 1.76. The highest BCUT2D eigenvalue weighted by molar-refractivity contribution is 5.82. The van der Waals surface area contributed by atoms with Gasteiger partial charge in [-0.15, -0.1) is 0 Å². The number of esters is 1. The average Bonchev–Trinajstić information content (AvgIpc) is 3.19. The molecule has 6 rings (SSSR count). The number of piperidine rings is 1. The zero-order chi connectivity index (χ0) is 40.9. The largest absolute Gasteiger partial charge is 0.465 e. The first kappa shape index (κ1) is 41.1. The fraction of sp³-hybridized carbons (Fsp3) is 0.364. The molecule has 0 saturated carbocycles. The molecule has 57 heavy (non-hydrogen) atoms. The van der Waals surface area contributed by atoms with Crippen LogP contribution >= 0.6 is 0 Å². The molecule has 0 bridgehead atoms. The Labute approximate surface area is 328 Å². The quantitative estimate of drug-likeness (QED) is 0.0834. The number of alkyl halides is 2. The Balaban J connectivity index is 1.29. The number of ether oxygens (including phenoxy) is 2. The molecule has 13 heteroatoms. The van der Waals surface area contributed by atoms with Crippen LogP contribution in [-0.4, -0.2) is 68.6 Å². The van der Waals surface area contributed by atoms with Crippen LogP contribution in [-0.2, 0) is 40.3 Å². The highest BCUT2D eigenvalue weighted by Gasteiger charge is 2.39. The number of nitrogens with zero attached hydrogens (tertiary/aromatic N) is 4. The number of hydrogen-bond donors (Lipinski definition) is 0. The van der Waals surface area contributed by atoms with Crippen molar-refractivity contribution in [3.05, 3.63) is 130 Å². The van der Waals surface area contributed by atoms with Crippen LogP contribution in [0, 0.1) is 11.6 Å². The summed E-state index contributed by atoms with van der Waals surface area (Å²) in [5.74, 6) is -2.18. The van der Waals surface area contributed by atoms with E-state index in [0.29, 0.717) is 43.8 Å². The molecule has 0 spiro atoms. The summed E-state index contributed by atoms with van der Waals surface area (Å²) in [6.07, 6.45) is -2.02. The minimum atomic E-state index is -3.30. The number of carbonyl (C=O) groups excluding carboxylic acids is 2. The number of hydrogen-bond acceptors (Lipinski definition) is 7. The van der Waals surface area contributed by atoms with Crippen molar-refractivity contribution < 1.29 is 36.6 Å². The van der Waals surface area contributed by atoms with Crippen molar-refractivity contribution in [2.24, 2.45) is 0 Å². The lowest BCUT2D eigenvalue weighted by atomic mass is 9.95. The highest BCUT2D eigenvalue weighted by Crippen LogP contribution is 2.29. The van der Waals surface area contributed by atoms with Gasteiger partial charge in [0, 0.05) is 39.0 Å². The standard InChI is InChI=1S/C44H46F4N4O5/c1-5-56-42(55)43(2,3)50-25-23-33(24-26-50)51(27-29-13-15-30(16-14-29)31-17-20-34(21-18-31)57-44(4,47)48)39(53)28-52-37-12-7-6-10-35(37)41(54)49-38(52)22-19-32-9-8-11-36(45)40(32)46/h6-18,20-21,33H,5,19,22-28H2,1-4H3. The molecule has 0 radical (unpaired) electrons. The monoisotopic (exact) mass is 786 g/mol. The summed E-state index contributed by atoms with van der Waals surface area (Å²) in [5, 5.41) is 0.325. The Morgan fingerprint density at radius 2 is 1.51 bits per heavy atom. The third-order valence-electron chi connectivity index (χ3n) is 10.5. The van der Waals surface area contributed by atoms with Gasteiger partial charge in [0.05, 0.1) is 17.5 Å². The van der Waals surface area contributed by atoms with Gasteiger partial charge in [-0.3, -0.25) is 19.3 Å². The summed E-state index contributed by atoms with van der Waals surface area (Å²) in [4.78, 5) is 48.9. The molecule has 1 amide bonds. The molecule has 5 aromatic rings. The van der Waals surface area contributed by atoms with Gasteiger partial charge < -0.3 is 18.9 Å². The second kappa shape index (κ2) is 17.3. The number of likely N-dealkylation sites (tertiary alicyclic amines) is 1. The second-order valence-corrected chi connectivity index (χ2v) is 14.8. The molecular formula is C44H46F4N4O5. The van der Waals surface area contributed by atoms with E-state index in [1.165, 1.54) is 24.3 Å². The lowest BCUT2D eigenvalue weighted by Crippen LogP contribution is -2.56. The normalized spacial score (nSPS) is 14.1. The van der Waals surface area contributed by atoms with Crippen molar-refractivity contribution in [3.8, 4) is 16.9 Å². The summed E-state index contributed by atoms with van der Waals surface area (Å²) >= 11 is 0. The van der Waals surface area contributed by atoms with Gasteiger partial charge in [-0.25, -0.2) is 8.78 Å². The number of benzene rings is 4. The molecule has 1 saturated heterocycles. The van der Waals surface area contributed by atoms with Gasteiger partial charge in [0.2, 0.25) is 5.91 Å². The predicted octanol–water partition coefficient (Wildman–Crippen LogP) is 7.95. The van der Waals surface area contributed by atoms with E-state index in [9.17, 15) is 31.9 Å². The zero-order valence-electron chi connectivity index (χ0n) is 32.4. The fourth-order valence-electron chi connectivity index (χ4n) is 7.36.